The Labute approximate surface area is 183 Å². The molecule has 0 bridgehead atoms. The van der Waals surface area contributed by atoms with Crippen molar-refractivity contribution in [3.05, 3.63) is 66.7 Å². The second kappa shape index (κ2) is 11.2. The molecule has 2 aromatic rings. The van der Waals surface area contributed by atoms with Gasteiger partial charge in [-0.15, -0.1) is 6.58 Å². The zero-order valence-electron chi connectivity index (χ0n) is 17.6. The molecule has 0 atom stereocenters. The highest BCUT2D eigenvalue weighted by atomic mass is 32.2. The number of hydrogen-bond donors (Lipinski definition) is 2. The van der Waals surface area contributed by atoms with Crippen molar-refractivity contribution < 1.29 is 22.7 Å². The van der Waals surface area contributed by atoms with Crippen LogP contribution in [0.2, 0.25) is 0 Å². The molecular formula is C22H27N3O5S. The smallest absolute Gasteiger partial charge is 0.253 e. The molecule has 2 N–H and O–H groups in total. The third kappa shape index (κ3) is 6.85. The molecule has 0 aliphatic carbocycles. The zero-order valence-corrected chi connectivity index (χ0v) is 18.4. The number of para-hydroxylation sites is 3. The summed E-state index contributed by atoms with van der Waals surface area (Å²) in [5, 5.41) is 5.40. The molecule has 166 valence electrons. The molecule has 0 heterocycles. The van der Waals surface area contributed by atoms with Gasteiger partial charge in [0.25, 0.3) is 5.91 Å². The quantitative estimate of drug-likeness (QED) is 0.518. The third-order valence-electron chi connectivity index (χ3n) is 4.37. The molecule has 0 saturated heterocycles. The molecule has 0 radical (unpaired) electrons. The summed E-state index contributed by atoms with van der Waals surface area (Å²) in [6.45, 7) is 3.97. The van der Waals surface area contributed by atoms with Crippen LogP contribution in [0.15, 0.2) is 61.2 Å². The van der Waals surface area contributed by atoms with Crippen molar-refractivity contribution in [1.82, 2.24) is 5.32 Å². The van der Waals surface area contributed by atoms with Gasteiger partial charge in [0.15, 0.2) is 0 Å². The Balaban J connectivity index is 2.04. The number of amides is 2. The normalized spacial score (nSPS) is 10.8. The molecule has 0 unspecified atom stereocenters. The minimum absolute atomic E-state index is 0.0732. The number of nitrogens with one attached hydrogen (secondary N) is 2. The number of hydrogen-bond acceptors (Lipinski definition) is 5. The standard InChI is InChI=1S/C22H27N3O5S/c1-4-15-23-22(27)17-10-5-6-11-18(17)24-21(26)14-9-16-25(31(3,28)29)19-12-7-8-13-20(19)30-2/h4-8,10-13H,1,9,14-16H2,2-3H3,(H,23,27)(H,24,26). The van der Waals surface area contributed by atoms with Gasteiger partial charge in [0.05, 0.1) is 30.3 Å². The van der Waals surface area contributed by atoms with E-state index in [-0.39, 0.29) is 31.2 Å². The molecule has 0 aliphatic heterocycles. The Kier molecular flexibility index (Phi) is 8.63. The van der Waals surface area contributed by atoms with Gasteiger partial charge in [-0.05, 0) is 30.7 Å². The largest absolute Gasteiger partial charge is 0.495 e. The van der Waals surface area contributed by atoms with E-state index in [0.29, 0.717) is 29.2 Å². The third-order valence-corrected chi connectivity index (χ3v) is 5.55. The van der Waals surface area contributed by atoms with Gasteiger partial charge in [-0.2, -0.15) is 0 Å². The van der Waals surface area contributed by atoms with Gasteiger partial charge in [0.2, 0.25) is 15.9 Å². The molecule has 31 heavy (non-hydrogen) atoms. The lowest BCUT2D eigenvalue weighted by Crippen LogP contribution is -2.32. The number of methoxy groups -OCH3 is 1. The van der Waals surface area contributed by atoms with Crippen LogP contribution >= 0.6 is 0 Å². The van der Waals surface area contributed by atoms with Crippen molar-refractivity contribution in [3.63, 3.8) is 0 Å². The summed E-state index contributed by atoms with van der Waals surface area (Å²) in [6.07, 6.45) is 3.03. The first-order valence-electron chi connectivity index (χ1n) is 9.66. The zero-order chi connectivity index (χ0) is 22.9. The van der Waals surface area contributed by atoms with Crippen LogP contribution in [0.4, 0.5) is 11.4 Å². The number of nitrogens with zero attached hydrogens (tertiary/aromatic N) is 1. The van der Waals surface area contributed by atoms with E-state index in [2.05, 4.69) is 17.2 Å². The monoisotopic (exact) mass is 445 g/mol. The minimum atomic E-state index is -3.57. The lowest BCUT2D eigenvalue weighted by Gasteiger charge is -2.24. The van der Waals surface area contributed by atoms with Crippen LogP contribution < -0.4 is 19.7 Å². The summed E-state index contributed by atoms with van der Waals surface area (Å²) >= 11 is 0. The van der Waals surface area contributed by atoms with Crippen LogP contribution in [0.25, 0.3) is 0 Å². The Morgan fingerprint density at radius 2 is 1.81 bits per heavy atom. The van der Waals surface area contributed by atoms with E-state index in [4.69, 9.17) is 4.74 Å². The number of carbonyl (C=O) groups excluding carboxylic acids is 2. The first-order chi connectivity index (χ1) is 14.8. The van der Waals surface area contributed by atoms with Crippen LogP contribution in [-0.2, 0) is 14.8 Å². The lowest BCUT2D eigenvalue weighted by atomic mass is 10.1. The maximum absolute atomic E-state index is 12.4. The van der Waals surface area contributed by atoms with Gasteiger partial charge in [-0.3, -0.25) is 13.9 Å². The average molecular weight is 446 g/mol. The van der Waals surface area contributed by atoms with Crippen LogP contribution in [0.1, 0.15) is 23.2 Å². The molecule has 0 aliphatic rings. The van der Waals surface area contributed by atoms with Crippen molar-refractivity contribution in [1.29, 1.82) is 0 Å². The number of sulfonamides is 1. The molecule has 2 rings (SSSR count). The van der Waals surface area contributed by atoms with Crippen LogP contribution in [0.5, 0.6) is 5.75 Å². The highest BCUT2D eigenvalue weighted by molar-refractivity contribution is 7.92. The van der Waals surface area contributed by atoms with E-state index >= 15 is 0 Å². The second-order valence-electron chi connectivity index (χ2n) is 6.70. The summed E-state index contributed by atoms with van der Waals surface area (Å²) in [4.78, 5) is 24.7. The van der Waals surface area contributed by atoms with Crippen molar-refractivity contribution in [3.8, 4) is 5.75 Å². The lowest BCUT2D eigenvalue weighted by molar-refractivity contribution is -0.116. The predicted octanol–water partition coefficient (Wildman–Crippen LogP) is 2.80. The second-order valence-corrected chi connectivity index (χ2v) is 8.61. The fraction of sp³-hybridized carbons (Fsp3) is 0.273. The first kappa shape index (κ1) is 23.9. The van der Waals surface area contributed by atoms with Gasteiger partial charge in [-0.1, -0.05) is 30.3 Å². The van der Waals surface area contributed by atoms with Crippen LogP contribution in [-0.4, -0.2) is 46.7 Å². The number of rotatable bonds is 11. The van der Waals surface area contributed by atoms with Crippen LogP contribution in [0.3, 0.4) is 0 Å². The van der Waals surface area contributed by atoms with Gasteiger partial charge in [-0.25, -0.2) is 8.42 Å². The molecule has 2 amide bonds. The van der Waals surface area contributed by atoms with Crippen LogP contribution in [0, 0.1) is 0 Å². The Morgan fingerprint density at radius 1 is 1.13 bits per heavy atom. The van der Waals surface area contributed by atoms with E-state index in [0.717, 1.165) is 6.26 Å². The molecule has 9 heteroatoms. The Hall–Kier alpha value is -3.33. The summed E-state index contributed by atoms with van der Waals surface area (Å²) in [5.74, 6) is -0.218. The molecule has 0 saturated carbocycles. The summed E-state index contributed by atoms with van der Waals surface area (Å²) < 4.78 is 31.1. The fourth-order valence-corrected chi connectivity index (χ4v) is 3.92. The van der Waals surface area contributed by atoms with E-state index in [1.165, 1.54) is 11.4 Å². The Morgan fingerprint density at radius 3 is 2.48 bits per heavy atom. The highest BCUT2D eigenvalue weighted by Crippen LogP contribution is 2.29. The highest BCUT2D eigenvalue weighted by Gasteiger charge is 2.21. The van der Waals surface area contributed by atoms with Gasteiger partial charge < -0.3 is 15.4 Å². The topological polar surface area (TPSA) is 105 Å². The maximum Gasteiger partial charge on any atom is 0.253 e. The molecule has 2 aromatic carbocycles. The molecular weight excluding hydrogens is 418 g/mol. The van der Waals surface area contributed by atoms with Gasteiger partial charge in [0, 0.05) is 19.5 Å². The molecule has 0 spiro atoms. The van der Waals surface area contributed by atoms with Gasteiger partial charge >= 0.3 is 0 Å². The van der Waals surface area contributed by atoms with Gasteiger partial charge in [0.1, 0.15) is 5.75 Å². The van der Waals surface area contributed by atoms with Crippen molar-refractivity contribution in [2.45, 2.75) is 12.8 Å². The molecule has 8 nitrogen and oxygen atoms in total. The molecule has 0 fully saturated rings. The van der Waals surface area contributed by atoms with E-state index in [9.17, 15) is 18.0 Å². The number of carbonyl (C=O) groups is 2. The predicted molar refractivity (Wildman–Crippen MR) is 122 cm³/mol. The number of benzene rings is 2. The summed E-state index contributed by atoms with van der Waals surface area (Å²) in [7, 11) is -2.11. The summed E-state index contributed by atoms with van der Waals surface area (Å²) in [6, 6.07) is 13.5. The maximum atomic E-state index is 12.4. The molecule has 0 aromatic heterocycles. The average Bonchev–Trinajstić information content (AvgIpc) is 2.74. The first-order valence-corrected chi connectivity index (χ1v) is 11.5. The summed E-state index contributed by atoms with van der Waals surface area (Å²) in [5.41, 5.74) is 1.14. The SMILES string of the molecule is C=CCNC(=O)c1ccccc1NC(=O)CCCN(c1ccccc1OC)S(C)(=O)=O. The fourth-order valence-electron chi connectivity index (χ4n) is 2.95. The number of ether oxygens (including phenoxy) is 1. The van der Waals surface area contributed by atoms with Crippen molar-refractivity contribution >= 4 is 33.2 Å². The van der Waals surface area contributed by atoms with E-state index in [1.807, 2.05) is 0 Å². The van der Waals surface area contributed by atoms with Crippen molar-refractivity contribution in [2.75, 3.05) is 36.1 Å². The van der Waals surface area contributed by atoms with Crippen molar-refractivity contribution in [2.24, 2.45) is 0 Å². The van der Waals surface area contributed by atoms with E-state index in [1.54, 1.807) is 54.6 Å². The minimum Gasteiger partial charge on any atom is -0.495 e. The Bertz CT molecular complexity index is 1040. The van der Waals surface area contributed by atoms with E-state index < -0.39 is 10.0 Å². The number of anilines is 2.